The van der Waals surface area contributed by atoms with Gasteiger partial charge in [-0.15, -0.1) is 6.42 Å². The first-order valence-electron chi connectivity index (χ1n) is 6.03. The Kier molecular flexibility index (Phi) is 4.34. The third-order valence-corrected chi connectivity index (χ3v) is 2.85. The molecule has 2 nitrogen and oxygen atoms in total. The fraction of sp³-hybridized carbons (Fsp3) is 0.125. The van der Waals surface area contributed by atoms with Crippen LogP contribution in [0.5, 0.6) is 0 Å². The Balaban J connectivity index is 2.06. The zero-order chi connectivity index (χ0) is 14.5. The van der Waals surface area contributed by atoms with E-state index in [1.807, 2.05) is 0 Å². The number of hydrogen-bond acceptors (Lipinski definition) is 2. The lowest BCUT2D eigenvalue weighted by molar-refractivity contribution is 0.186. The molecule has 0 heterocycles. The van der Waals surface area contributed by atoms with E-state index in [4.69, 9.17) is 6.42 Å². The second-order valence-electron chi connectivity index (χ2n) is 4.29. The average molecular weight is 273 g/mol. The Labute approximate surface area is 116 Å². The Morgan fingerprint density at radius 2 is 2.00 bits per heavy atom. The SMILES string of the molecule is C#Cc1cccc(NCC(O)c2cc(F)ccc2F)c1. The number of nitrogens with one attached hydrogen (secondary N) is 1. The second-order valence-corrected chi connectivity index (χ2v) is 4.29. The monoisotopic (exact) mass is 273 g/mol. The first-order chi connectivity index (χ1) is 9.60. The summed E-state index contributed by atoms with van der Waals surface area (Å²) in [6.45, 7) is 0.0500. The normalized spacial score (nSPS) is 11.7. The molecule has 0 spiro atoms. The molecule has 1 atom stereocenters. The van der Waals surface area contributed by atoms with Crippen LogP contribution in [0.25, 0.3) is 0 Å². The van der Waals surface area contributed by atoms with Crippen LogP contribution in [0.15, 0.2) is 42.5 Å². The van der Waals surface area contributed by atoms with Gasteiger partial charge in [0.15, 0.2) is 0 Å². The van der Waals surface area contributed by atoms with Crippen molar-refractivity contribution in [1.29, 1.82) is 0 Å². The van der Waals surface area contributed by atoms with Gasteiger partial charge in [0.2, 0.25) is 0 Å². The Morgan fingerprint density at radius 3 is 2.75 bits per heavy atom. The van der Waals surface area contributed by atoms with Crippen molar-refractivity contribution in [3.63, 3.8) is 0 Å². The average Bonchev–Trinajstić information content (AvgIpc) is 2.47. The largest absolute Gasteiger partial charge is 0.386 e. The summed E-state index contributed by atoms with van der Waals surface area (Å²) in [6.07, 6.45) is 4.13. The van der Waals surface area contributed by atoms with Crippen molar-refractivity contribution in [1.82, 2.24) is 0 Å². The number of hydrogen-bond donors (Lipinski definition) is 2. The van der Waals surface area contributed by atoms with Crippen LogP contribution in [0.2, 0.25) is 0 Å². The summed E-state index contributed by atoms with van der Waals surface area (Å²) in [5, 5.41) is 12.8. The Hall–Kier alpha value is -2.38. The van der Waals surface area contributed by atoms with Crippen molar-refractivity contribution in [2.45, 2.75) is 6.10 Å². The smallest absolute Gasteiger partial charge is 0.129 e. The minimum absolute atomic E-state index is 0.0500. The molecule has 0 saturated carbocycles. The molecule has 1 unspecified atom stereocenters. The van der Waals surface area contributed by atoms with Crippen LogP contribution in [0.1, 0.15) is 17.2 Å². The van der Waals surface area contributed by atoms with E-state index in [1.165, 1.54) is 0 Å². The molecule has 2 aromatic rings. The molecule has 0 aromatic heterocycles. The highest BCUT2D eigenvalue weighted by molar-refractivity contribution is 5.50. The van der Waals surface area contributed by atoms with Crippen molar-refractivity contribution in [2.24, 2.45) is 0 Å². The third-order valence-electron chi connectivity index (χ3n) is 2.85. The molecule has 2 N–H and O–H groups in total. The van der Waals surface area contributed by atoms with E-state index in [0.717, 1.165) is 18.2 Å². The molecule has 4 heteroatoms. The maximum atomic E-state index is 13.5. The molecule has 0 fully saturated rings. The van der Waals surface area contributed by atoms with Gasteiger partial charge in [-0.05, 0) is 36.4 Å². The standard InChI is InChI=1S/C16H13F2NO/c1-2-11-4-3-5-13(8-11)19-10-16(20)14-9-12(17)6-7-15(14)18/h1,3-9,16,19-20H,10H2. The molecule has 102 valence electrons. The first-order valence-corrected chi connectivity index (χ1v) is 6.03. The molecule has 0 aliphatic heterocycles. The Bertz CT molecular complexity index is 649. The van der Waals surface area contributed by atoms with Crippen molar-refractivity contribution >= 4 is 5.69 Å². The first kappa shape index (κ1) is 14.0. The number of benzene rings is 2. The summed E-state index contributed by atoms with van der Waals surface area (Å²) in [5.41, 5.74) is 1.32. The topological polar surface area (TPSA) is 32.3 Å². The van der Waals surface area contributed by atoms with Gasteiger partial charge in [-0.1, -0.05) is 12.0 Å². The summed E-state index contributed by atoms with van der Waals surface area (Å²) in [6, 6.07) is 10.0. The zero-order valence-electron chi connectivity index (χ0n) is 10.6. The molecule has 0 aliphatic rings. The molecule has 0 radical (unpaired) electrons. The van der Waals surface area contributed by atoms with E-state index in [9.17, 15) is 13.9 Å². The molecule has 0 aliphatic carbocycles. The highest BCUT2D eigenvalue weighted by Crippen LogP contribution is 2.19. The van der Waals surface area contributed by atoms with Crippen LogP contribution in [-0.2, 0) is 0 Å². The minimum atomic E-state index is -1.15. The van der Waals surface area contributed by atoms with Gasteiger partial charge >= 0.3 is 0 Å². The molecule has 0 saturated heterocycles. The maximum absolute atomic E-state index is 13.5. The molecule has 2 aromatic carbocycles. The second kappa shape index (κ2) is 6.18. The molecule has 0 amide bonds. The fourth-order valence-corrected chi connectivity index (χ4v) is 1.81. The van der Waals surface area contributed by atoms with Gasteiger partial charge in [-0.2, -0.15) is 0 Å². The lowest BCUT2D eigenvalue weighted by Gasteiger charge is -2.14. The summed E-state index contributed by atoms with van der Waals surface area (Å²) >= 11 is 0. The predicted molar refractivity (Wildman–Crippen MR) is 74.2 cm³/mol. The van der Waals surface area contributed by atoms with Crippen LogP contribution in [0, 0.1) is 24.0 Å². The van der Waals surface area contributed by atoms with E-state index in [2.05, 4.69) is 11.2 Å². The van der Waals surface area contributed by atoms with E-state index >= 15 is 0 Å². The highest BCUT2D eigenvalue weighted by Gasteiger charge is 2.13. The van der Waals surface area contributed by atoms with Gasteiger partial charge in [0.25, 0.3) is 0 Å². The van der Waals surface area contributed by atoms with Crippen molar-refractivity contribution in [2.75, 3.05) is 11.9 Å². The van der Waals surface area contributed by atoms with Crippen molar-refractivity contribution in [3.05, 3.63) is 65.2 Å². The van der Waals surface area contributed by atoms with Crippen molar-refractivity contribution in [3.8, 4) is 12.3 Å². The lowest BCUT2D eigenvalue weighted by Crippen LogP contribution is -2.13. The van der Waals surface area contributed by atoms with Gasteiger partial charge in [0, 0.05) is 23.4 Å². The van der Waals surface area contributed by atoms with Gasteiger partial charge < -0.3 is 10.4 Å². The van der Waals surface area contributed by atoms with E-state index < -0.39 is 17.7 Å². The van der Waals surface area contributed by atoms with Crippen LogP contribution in [0.3, 0.4) is 0 Å². The van der Waals surface area contributed by atoms with E-state index in [1.54, 1.807) is 24.3 Å². The number of rotatable bonds is 4. The van der Waals surface area contributed by atoms with Crippen LogP contribution < -0.4 is 5.32 Å². The van der Waals surface area contributed by atoms with E-state index in [0.29, 0.717) is 11.3 Å². The van der Waals surface area contributed by atoms with Crippen molar-refractivity contribution < 1.29 is 13.9 Å². The van der Waals surface area contributed by atoms with Crippen LogP contribution >= 0.6 is 0 Å². The lowest BCUT2D eigenvalue weighted by atomic mass is 10.1. The third kappa shape index (κ3) is 3.34. The highest BCUT2D eigenvalue weighted by atomic mass is 19.1. The van der Waals surface area contributed by atoms with Crippen LogP contribution in [-0.4, -0.2) is 11.7 Å². The molecular formula is C16H13F2NO. The van der Waals surface area contributed by atoms with Gasteiger partial charge in [-0.3, -0.25) is 0 Å². The molecule has 0 bridgehead atoms. The summed E-state index contributed by atoms with van der Waals surface area (Å²) in [4.78, 5) is 0. The molecular weight excluding hydrogens is 260 g/mol. The Morgan fingerprint density at radius 1 is 1.20 bits per heavy atom. The van der Waals surface area contributed by atoms with E-state index in [-0.39, 0.29) is 12.1 Å². The zero-order valence-corrected chi connectivity index (χ0v) is 10.6. The number of aliphatic hydroxyl groups is 1. The van der Waals surface area contributed by atoms with Gasteiger partial charge in [0.1, 0.15) is 11.6 Å². The summed E-state index contributed by atoms with van der Waals surface area (Å²) < 4.78 is 26.5. The molecule has 20 heavy (non-hydrogen) atoms. The predicted octanol–water partition coefficient (Wildman–Crippen LogP) is 3.09. The molecule has 2 rings (SSSR count). The minimum Gasteiger partial charge on any atom is -0.386 e. The van der Waals surface area contributed by atoms with Gasteiger partial charge in [-0.25, -0.2) is 8.78 Å². The summed E-state index contributed by atoms with van der Waals surface area (Å²) in [7, 11) is 0. The van der Waals surface area contributed by atoms with Crippen LogP contribution in [0.4, 0.5) is 14.5 Å². The van der Waals surface area contributed by atoms with Gasteiger partial charge in [0.05, 0.1) is 6.10 Å². The summed E-state index contributed by atoms with van der Waals surface area (Å²) in [5.74, 6) is 1.26. The number of terminal acetylenes is 1. The number of halogens is 2. The maximum Gasteiger partial charge on any atom is 0.129 e. The quantitative estimate of drug-likeness (QED) is 0.839. The number of aliphatic hydroxyl groups excluding tert-OH is 1. The fourth-order valence-electron chi connectivity index (χ4n) is 1.81. The number of anilines is 1.